The molecule has 0 aromatic rings. The number of rotatable bonds is 8. The second-order valence-electron chi connectivity index (χ2n) is 8.44. The van der Waals surface area contributed by atoms with Gasteiger partial charge in [-0.3, -0.25) is 4.79 Å². The SMILES string of the molecule is CCCC[Si](C)(C)OC[C@H]1[C@H]2CC(=O)O[C@H]2C[C@H]1OC1CCCCO1. The summed E-state index contributed by atoms with van der Waals surface area (Å²) in [7, 11) is -1.65. The molecule has 0 amide bonds. The maximum absolute atomic E-state index is 11.7. The van der Waals surface area contributed by atoms with Crippen LogP contribution in [0.5, 0.6) is 0 Å². The van der Waals surface area contributed by atoms with Gasteiger partial charge in [-0.15, -0.1) is 0 Å². The molecule has 0 bridgehead atoms. The van der Waals surface area contributed by atoms with Gasteiger partial charge in [0.2, 0.25) is 0 Å². The van der Waals surface area contributed by atoms with Crippen molar-refractivity contribution in [3.63, 3.8) is 0 Å². The average Bonchev–Trinajstić information content (AvgIpc) is 3.08. The third-order valence-corrected chi connectivity index (χ3v) is 8.42. The predicted molar refractivity (Wildman–Crippen MR) is 97.7 cm³/mol. The first-order valence-corrected chi connectivity index (χ1v) is 13.2. The molecule has 5 atom stereocenters. The van der Waals surface area contributed by atoms with Crippen molar-refractivity contribution in [2.75, 3.05) is 13.2 Å². The summed E-state index contributed by atoms with van der Waals surface area (Å²) in [6.07, 6.45) is 7.00. The van der Waals surface area contributed by atoms with Gasteiger partial charge in [0.05, 0.1) is 12.5 Å². The zero-order chi connectivity index (χ0) is 17.9. The molecule has 1 unspecified atom stereocenters. The average molecular weight is 371 g/mol. The Balaban J connectivity index is 1.59. The number of carbonyl (C=O) groups excluding carboxylic acids is 1. The molecule has 1 aliphatic carbocycles. The van der Waals surface area contributed by atoms with E-state index in [1.165, 1.54) is 18.9 Å². The molecule has 2 heterocycles. The van der Waals surface area contributed by atoms with E-state index in [1.54, 1.807) is 0 Å². The van der Waals surface area contributed by atoms with E-state index in [1.807, 2.05) is 0 Å². The van der Waals surface area contributed by atoms with Gasteiger partial charge in [-0.2, -0.15) is 0 Å². The summed E-state index contributed by atoms with van der Waals surface area (Å²) < 4.78 is 24.0. The van der Waals surface area contributed by atoms with Gasteiger partial charge in [0, 0.05) is 31.5 Å². The molecule has 3 rings (SSSR count). The van der Waals surface area contributed by atoms with Gasteiger partial charge < -0.3 is 18.6 Å². The van der Waals surface area contributed by atoms with Crippen LogP contribution in [0.1, 0.15) is 51.9 Å². The summed E-state index contributed by atoms with van der Waals surface area (Å²) in [5, 5.41) is 0. The summed E-state index contributed by atoms with van der Waals surface area (Å²) in [6, 6.07) is 1.19. The van der Waals surface area contributed by atoms with Gasteiger partial charge in [0.15, 0.2) is 14.6 Å². The fraction of sp³-hybridized carbons (Fsp3) is 0.947. The highest BCUT2D eigenvalue weighted by Crippen LogP contribution is 2.44. The third-order valence-electron chi connectivity index (χ3n) is 5.92. The Morgan fingerprint density at radius 1 is 1.28 bits per heavy atom. The molecule has 1 saturated carbocycles. The molecule has 3 fully saturated rings. The van der Waals surface area contributed by atoms with Crippen LogP contribution in [0, 0.1) is 11.8 Å². The van der Waals surface area contributed by atoms with E-state index in [-0.39, 0.29) is 36.3 Å². The summed E-state index contributed by atoms with van der Waals surface area (Å²) >= 11 is 0. The zero-order valence-corrected chi connectivity index (χ0v) is 17.0. The molecule has 2 saturated heterocycles. The van der Waals surface area contributed by atoms with Crippen LogP contribution in [0.15, 0.2) is 0 Å². The summed E-state index contributed by atoms with van der Waals surface area (Å²) in [5.74, 6) is 0.433. The van der Waals surface area contributed by atoms with E-state index >= 15 is 0 Å². The Morgan fingerprint density at radius 3 is 2.84 bits per heavy atom. The van der Waals surface area contributed by atoms with Crippen molar-refractivity contribution in [3.05, 3.63) is 0 Å². The number of esters is 1. The summed E-state index contributed by atoms with van der Waals surface area (Å²) in [6.45, 7) is 8.30. The molecule has 0 aromatic heterocycles. The maximum Gasteiger partial charge on any atom is 0.306 e. The van der Waals surface area contributed by atoms with Crippen LogP contribution in [-0.2, 0) is 23.4 Å². The summed E-state index contributed by atoms with van der Waals surface area (Å²) in [5.41, 5.74) is 0. The number of hydrogen-bond acceptors (Lipinski definition) is 5. The van der Waals surface area contributed by atoms with Crippen LogP contribution in [0.4, 0.5) is 0 Å². The van der Waals surface area contributed by atoms with E-state index in [0.717, 1.165) is 32.3 Å². The predicted octanol–water partition coefficient (Wildman–Crippen LogP) is 3.87. The Hall–Kier alpha value is -0.433. The number of carbonyl (C=O) groups is 1. The first kappa shape index (κ1) is 19.3. The van der Waals surface area contributed by atoms with Crippen molar-refractivity contribution in [2.45, 2.75) is 89.5 Å². The normalized spacial score (nSPS) is 35.6. The minimum Gasteiger partial charge on any atom is -0.462 e. The van der Waals surface area contributed by atoms with Crippen LogP contribution >= 0.6 is 0 Å². The van der Waals surface area contributed by atoms with Gasteiger partial charge >= 0.3 is 5.97 Å². The number of ether oxygens (including phenoxy) is 3. The van der Waals surface area contributed by atoms with Crippen molar-refractivity contribution in [1.29, 1.82) is 0 Å². The molecular formula is C19H34O5Si. The van der Waals surface area contributed by atoms with Crippen molar-refractivity contribution < 1.29 is 23.4 Å². The van der Waals surface area contributed by atoms with Crippen LogP contribution in [0.2, 0.25) is 19.1 Å². The summed E-state index contributed by atoms with van der Waals surface area (Å²) in [4.78, 5) is 11.7. The minimum atomic E-state index is -1.65. The lowest BCUT2D eigenvalue weighted by Crippen LogP contribution is -2.38. The highest BCUT2D eigenvalue weighted by atomic mass is 28.4. The van der Waals surface area contributed by atoms with Crippen molar-refractivity contribution in [3.8, 4) is 0 Å². The molecule has 5 nitrogen and oxygen atoms in total. The Kier molecular flexibility index (Phi) is 6.58. The van der Waals surface area contributed by atoms with Crippen molar-refractivity contribution >= 4 is 14.3 Å². The zero-order valence-electron chi connectivity index (χ0n) is 16.0. The van der Waals surface area contributed by atoms with E-state index in [4.69, 9.17) is 18.6 Å². The molecule has 6 heteroatoms. The molecular weight excluding hydrogens is 336 g/mol. The lowest BCUT2D eigenvalue weighted by atomic mass is 9.93. The quantitative estimate of drug-likeness (QED) is 0.479. The fourth-order valence-corrected chi connectivity index (χ4v) is 6.35. The van der Waals surface area contributed by atoms with Crippen LogP contribution < -0.4 is 0 Å². The molecule has 0 aromatic carbocycles. The van der Waals surface area contributed by atoms with Gasteiger partial charge in [0.1, 0.15) is 6.10 Å². The number of unbranched alkanes of at least 4 members (excludes halogenated alkanes) is 1. The monoisotopic (exact) mass is 370 g/mol. The van der Waals surface area contributed by atoms with Crippen LogP contribution in [0.3, 0.4) is 0 Å². The Labute approximate surface area is 152 Å². The third kappa shape index (κ3) is 5.06. The standard InChI is InChI=1S/C19H34O5Si/c1-4-5-10-25(2,3)22-13-15-14-11-18(20)23-16(14)12-17(15)24-19-8-6-7-9-21-19/h14-17,19H,4-13H2,1-3H3/t14-,15+,16+,17-,19?/m1/s1. The lowest BCUT2D eigenvalue weighted by Gasteiger charge is -2.32. The molecule has 0 N–H and O–H groups in total. The molecule has 25 heavy (non-hydrogen) atoms. The highest BCUT2D eigenvalue weighted by molar-refractivity contribution is 6.71. The second-order valence-corrected chi connectivity index (χ2v) is 12.7. The largest absolute Gasteiger partial charge is 0.462 e. The van der Waals surface area contributed by atoms with Gasteiger partial charge in [-0.25, -0.2) is 0 Å². The Morgan fingerprint density at radius 2 is 2.12 bits per heavy atom. The maximum atomic E-state index is 11.7. The van der Waals surface area contributed by atoms with Gasteiger partial charge in [-0.1, -0.05) is 19.8 Å². The van der Waals surface area contributed by atoms with E-state index in [9.17, 15) is 4.79 Å². The molecule has 144 valence electrons. The molecule has 2 aliphatic heterocycles. The van der Waals surface area contributed by atoms with Crippen LogP contribution in [-0.4, -0.2) is 46.0 Å². The minimum absolute atomic E-state index is 0.00936. The Bertz CT molecular complexity index is 449. The first-order chi connectivity index (χ1) is 12.0. The van der Waals surface area contributed by atoms with Gasteiger partial charge in [0.25, 0.3) is 0 Å². The van der Waals surface area contributed by atoms with E-state index in [0.29, 0.717) is 13.0 Å². The second kappa shape index (κ2) is 8.50. The lowest BCUT2D eigenvalue weighted by molar-refractivity contribution is -0.198. The van der Waals surface area contributed by atoms with Crippen LogP contribution in [0.25, 0.3) is 0 Å². The molecule has 0 radical (unpaired) electrons. The van der Waals surface area contributed by atoms with Gasteiger partial charge in [-0.05, 0) is 38.4 Å². The van der Waals surface area contributed by atoms with Crippen molar-refractivity contribution in [1.82, 2.24) is 0 Å². The van der Waals surface area contributed by atoms with E-state index in [2.05, 4.69) is 20.0 Å². The van der Waals surface area contributed by atoms with E-state index < -0.39 is 8.32 Å². The highest BCUT2D eigenvalue weighted by Gasteiger charge is 2.51. The molecule has 0 spiro atoms. The first-order valence-electron chi connectivity index (χ1n) is 10.1. The molecule has 3 aliphatic rings. The smallest absolute Gasteiger partial charge is 0.306 e. The van der Waals surface area contributed by atoms with Crippen molar-refractivity contribution in [2.24, 2.45) is 11.8 Å². The fourth-order valence-electron chi connectivity index (χ4n) is 4.36. The number of hydrogen-bond donors (Lipinski definition) is 0. The number of fused-ring (bicyclic) bond motifs is 1. The topological polar surface area (TPSA) is 54.0 Å².